The van der Waals surface area contributed by atoms with Crippen LogP contribution >= 0.6 is 24.2 Å². The number of thiol groups is 1. The van der Waals surface area contributed by atoms with Crippen molar-refractivity contribution in [1.82, 2.24) is 10.2 Å². The van der Waals surface area contributed by atoms with Crippen molar-refractivity contribution >= 4 is 36.0 Å². The van der Waals surface area contributed by atoms with Crippen molar-refractivity contribution < 1.29 is 9.59 Å². The topological polar surface area (TPSA) is 49.4 Å². The first-order valence-electron chi connectivity index (χ1n) is 7.12. The molecule has 0 aliphatic carbocycles. The molecule has 114 valence electrons. The molecule has 1 N–H and O–H groups in total. The van der Waals surface area contributed by atoms with Crippen LogP contribution in [-0.2, 0) is 4.79 Å². The summed E-state index contributed by atoms with van der Waals surface area (Å²) in [6.45, 7) is 1.99. The van der Waals surface area contributed by atoms with Gasteiger partial charge in [-0.15, -0.1) is 12.6 Å². The van der Waals surface area contributed by atoms with Gasteiger partial charge in [0.15, 0.2) is 0 Å². The quantitative estimate of drug-likeness (QED) is 0.836. The zero-order valence-electron chi connectivity index (χ0n) is 11.8. The van der Waals surface area contributed by atoms with E-state index < -0.39 is 0 Å². The molecule has 1 aromatic rings. The second kappa shape index (κ2) is 7.71. The number of amides is 2. The summed E-state index contributed by atoms with van der Waals surface area (Å²) in [5.41, 5.74) is 0.384. The molecule has 1 aromatic carbocycles. The van der Waals surface area contributed by atoms with Crippen LogP contribution in [0.25, 0.3) is 0 Å². The summed E-state index contributed by atoms with van der Waals surface area (Å²) in [7, 11) is 0. The van der Waals surface area contributed by atoms with Gasteiger partial charge in [0, 0.05) is 31.0 Å². The Kier molecular flexibility index (Phi) is 5.94. The number of halogens is 1. The first-order valence-corrected chi connectivity index (χ1v) is 7.95. The van der Waals surface area contributed by atoms with Crippen LogP contribution in [0.15, 0.2) is 23.1 Å². The minimum Gasteiger partial charge on any atom is -0.351 e. The first-order chi connectivity index (χ1) is 10.1. The molecule has 0 spiro atoms. The van der Waals surface area contributed by atoms with Crippen LogP contribution in [0, 0.1) is 0 Å². The number of nitrogens with zero attached hydrogens (tertiary/aromatic N) is 1. The summed E-state index contributed by atoms with van der Waals surface area (Å²) in [6, 6.07) is 4.98. The lowest BCUT2D eigenvalue weighted by Gasteiger charge is -2.26. The summed E-state index contributed by atoms with van der Waals surface area (Å²) < 4.78 is 0. The van der Waals surface area contributed by atoms with E-state index in [4.69, 9.17) is 11.6 Å². The van der Waals surface area contributed by atoms with Gasteiger partial charge in [-0.3, -0.25) is 9.59 Å². The minimum absolute atomic E-state index is 0.101. The molecular weight excluding hydrogens is 308 g/mol. The lowest BCUT2D eigenvalue weighted by Crippen LogP contribution is -2.37. The summed E-state index contributed by atoms with van der Waals surface area (Å²) in [5.74, 6) is -0.175. The summed E-state index contributed by atoms with van der Waals surface area (Å²) in [4.78, 5) is 26.5. The summed E-state index contributed by atoms with van der Waals surface area (Å²) in [6.07, 6.45) is 3.66. The molecule has 0 saturated carbocycles. The molecule has 0 unspecified atom stereocenters. The van der Waals surface area contributed by atoms with Crippen LogP contribution < -0.4 is 5.32 Å². The van der Waals surface area contributed by atoms with Crippen LogP contribution in [0.2, 0.25) is 5.02 Å². The highest BCUT2D eigenvalue weighted by atomic mass is 35.5. The number of likely N-dealkylation sites (tertiary alicyclic amines) is 1. The number of benzene rings is 1. The van der Waals surface area contributed by atoms with Gasteiger partial charge in [0.05, 0.1) is 10.6 Å². The molecule has 21 heavy (non-hydrogen) atoms. The van der Waals surface area contributed by atoms with Crippen LogP contribution in [0.5, 0.6) is 0 Å². The maximum absolute atomic E-state index is 12.0. The Bertz CT molecular complexity index is 530. The minimum atomic E-state index is -0.276. The molecular formula is C15H19ClN2O2S. The van der Waals surface area contributed by atoms with E-state index in [9.17, 15) is 9.59 Å². The van der Waals surface area contributed by atoms with Gasteiger partial charge in [-0.2, -0.15) is 0 Å². The van der Waals surface area contributed by atoms with E-state index in [0.717, 1.165) is 25.9 Å². The second-order valence-electron chi connectivity index (χ2n) is 5.11. The van der Waals surface area contributed by atoms with Crippen molar-refractivity contribution in [3.8, 4) is 0 Å². The Morgan fingerprint density at radius 1 is 1.24 bits per heavy atom. The van der Waals surface area contributed by atoms with Gasteiger partial charge >= 0.3 is 0 Å². The normalized spacial score (nSPS) is 14.9. The van der Waals surface area contributed by atoms with Gasteiger partial charge in [-0.1, -0.05) is 11.6 Å². The number of hydrogen-bond acceptors (Lipinski definition) is 3. The molecule has 6 heteroatoms. The number of carbonyl (C=O) groups is 2. The van der Waals surface area contributed by atoms with Gasteiger partial charge in [-0.25, -0.2) is 0 Å². The first kappa shape index (κ1) is 16.2. The van der Waals surface area contributed by atoms with Crippen LogP contribution in [0.1, 0.15) is 36.0 Å². The molecule has 1 fully saturated rings. The number of carbonyl (C=O) groups excluding carboxylic acids is 2. The molecule has 0 aromatic heterocycles. The van der Waals surface area contributed by atoms with Crippen molar-refractivity contribution in [3.63, 3.8) is 0 Å². The van der Waals surface area contributed by atoms with Crippen molar-refractivity contribution in [3.05, 3.63) is 28.8 Å². The molecule has 1 aliphatic rings. The van der Waals surface area contributed by atoms with E-state index in [1.165, 1.54) is 6.42 Å². The molecule has 4 nitrogen and oxygen atoms in total. The largest absolute Gasteiger partial charge is 0.351 e. The monoisotopic (exact) mass is 326 g/mol. The van der Waals surface area contributed by atoms with Crippen LogP contribution in [0.4, 0.5) is 0 Å². The Hall–Kier alpha value is -1.20. The van der Waals surface area contributed by atoms with E-state index in [1.807, 2.05) is 4.90 Å². The number of hydrogen-bond donors (Lipinski definition) is 2. The summed E-state index contributed by atoms with van der Waals surface area (Å²) >= 11 is 10.2. The highest BCUT2D eigenvalue weighted by molar-refractivity contribution is 7.80. The molecule has 2 rings (SSSR count). The van der Waals surface area contributed by atoms with Crippen LogP contribution in [-0.4, -0.2) is 36.3 Å². The number of piperidine rings is 1. The lowest BCUT2D eigenvalue weighted by atomic mass is 10.1. The average molecular weight is 327 g/mol. The summed E-state index contributed by atoms with van der Waals surface area (Å²) in [5, 5.41) is 3.11. The smallest absolute Gasteiger partial charge is 0.252 e. The SMILES string of the molecule is O=C(NCCC(=O)N1CCCCC1)c1cc(S)ccc1Cl. The highest BCUT2D eigenvalue weighted by Crippen LogP contribution is 2.19. The Balaban J connectivity index is 1.81. The van der Waals surface area contributed by atoms with E-state index in [2.05, 4.69) is 17.9 Å². The third-order valence-corrected chi connectivity index (χ3v) is 4.14. The average Bonchev–Trinajstić information content (AvgIpc) is 2.50. The Labute approximate surface area is 135 Å². The van der Waals surface area contributed by atoms with E-state index >= 15 is 0 Å². The predicted octanol–water partition coefficient (Wildman–Crippen LogP) is 2.76. The van der Waals surface area contributed by atoms with Crippen LogP contribution in [0.3, 0.4) is 0 Å². The fourth-order valence-corrected chi connectivity index (χ4v) is 2.77. The standard InChI is InChI=1S/C15H19ClN2O2S/c16-13-5-4-11(21)10-12(13)15(20)17-7-6-14(19)18-8-2-1-3-9-18/h4-5,10,21H,1-3,6-9H2,(H,17,20). The zero-order valence-corrected chi connectivity index (χ0v) is 13.4. The third kappa shape index (κ3) is 4.64. The molecule has 0 bridgehead atoms. The van der Waals surface area contributed by atoms with Crippen molar-refractivity contribution in [2.75, 3.05) is 19.6 Å². The fraction of sp³-hybridized carbons (Fsp3) is 0.467. The van der Waals surface area contributed by atoms with E-state index in [0.29, 0.717) is 28.4 Å². The molecule has 1 saturated heterocycles. The zero-order chi connectivity index (χ0) is 15.2. The molecule has 0 atom stereocenters. The van der Waals surface area contributed by atoms with Crippen molar-refractivity contribution in [2.45, 2.75) is 30.6 Å². The van der Waals surface area contributed by atoms with E-state index in [1.54, 1.807) is 18.2 Å². The third-order valence-electron chi connectivity index (χ3n) is 3.53. The molecule has 2 amide bonds. The number of nitrogens with one attached hydrogen (secondary N) is 1. The maximum Gasteiger partial charge on any atom is 0.252 e. The van der Waals surface area contributed by atoms with Gasteiger partial charge in [0.1, 0.15) is 0 Å². The highest BCUT2D eigenvalue weighted by Gasteiger charge is 2.16. The van der Waals surface area contributed by atoms with Gasteiger partial charge in [0.2, 0.25) is 5.91 Å². The van der Waals surface area contributed by atoms with Crippen molar-refractivity contribution in [2.24, 2.45) is 0 Å². The fourth-order valence-electron chi connectivity index (χ4n) is 2.37. The molecule has 0 radical (unpaired) electrons. The maximum atomic E-state index is 12.0. The van der Waals surface area contributed by atoms with Gasteiger partial charge in [0.25, 0.3) is 5.91 Å². The van der Waals surface area contributed by atoms with E-state index in [-0.39, 0.29) is 11.8 Å². The van der Waals surface area contributed by atoms with Gasteiger partial charge in [-0.05, 0) is 37.5 Å². The molecule has 1 aliphatic heterocycles. The molecule has 1 heterocycles. The lowest BCUT2D eigenvalue weighted by molar-refractivity contribution is -0.131. The number of rotatable bonds is 4. The Morgan fingerprint density at radius 2 is 1.95 bits per heavy atom. The second-order valence-corrected chi connectivity index (χ2v) is 6.04. The van der Waals surface area contributed by atoms with Gasteiger partial charge < -0.3 is 10.2 Å². The van der Waals surface area contributed by atoms with Crippen molar-refractivity contribution in [1.29, 1.82) is 0 Å². The Morgan fingerprint density at radius 3 is 2.67 bits per heavy atom. The predicted molar refractivity (Wildman–Crippen MR) is 86.1 cm³/mol.